The molecule has 0 radical (unpaired) electrons. The number of nitrogens with two attached hydrogens (primary N) is 1. The van der Waals surface area contributed by atoms with Crippen LogP contribution in [0.15, 0.2) is 12.4 Å². The number of rotatable bonds is 5. The standard InChI is InChI=1S/C14H22N6O2/c1-14(2,13(15)22)8-16-10-6-11(18-9-17-10)20-5-4-19(3)12(21)7-20/h6,9H,4-5,7-8H2,1-3H3,(H2,15,22)(H,16,17,18). The van der Waals surface area contributed by atoms with Crippen molar-refractivity contribution in [3.05, 3.63) is 12.4 Å². The zero-order chi connectivity index (χ0) is 16.3. The number of nitrogens with one attached hydrogen (secondary N) is 1. The van der Waals surface area contributed by atoms with Crippen LogP contribution >= 0.6 is 0 Å². The van der Waals surface area contributed by atoms with Crippen LogP contribution in [0.4, 0.5) is 11.6 Å². The Morgan fingerprint density at radius 3 is 2.77 bits per heavy atom. The van der Waals surface area contributed by atoms with Crippen LogP contribution < -0.4 is 16.0 Å². The van der Waals surface area contributed by atoms with Gasteiger partial charge in [0, 0.05) is 32.7 Å². The van der Waals surface area contributed by atoms with E-state index in [0.717, 1.165) is 6.54 Å². The van der Waals surface area contributed by atoms with Crippen molar-refractivity contribution in [3.8, 4) is 0 Å². The second-order valence-corrected chi connectivity index (χ2v) is 6.10. The minimum atomic E-state index is -0.672. The molecule has 3 N–H and O–H groups in total. The van der Waals surface area contributed by atoms with Crippen LogP contribution in [0.3, 0.4) is 0 Å². The van der Waals surface area contributed by atoms with Crippen molar-refractivity contribution in [3.63, 3.8) is 0 Å². The van der Waals surface area contributed by atoms with E-state index in [1.165, 1.54) is 6.33 Å². The van der Waals surface area contributed by atoms with Gasteiger partial charge in [-0.2, -0.15) is 0 Å². The Labute approximate surface area is 129 Å². The van der Waals surface area contributed by atoms with Gasteiger partial charge >= 0.3 is 0 Å². The lowest BCUT2D eigenvalue weighted by atomic mass is 9.93. The average molecular weight is 306 g/mol. The summed E-state index contributed by atoms with van der Waals surface area (Å²) in [4.78, 5) is 35.1. The van der Waals surface area contributed by atoms with Gasteiger partial charge in [-0.25, -0.2) is 9.97 Å². The van der Waals surface area contributed by atoms with Crippen molar-refractivity contribution in [2.24, 2.45) is 11.1 Å². The van der Waals surface area contributed by atoms with Crippen molar-refractivity contribution in [2.45, 2.75) is 13.8 Å². The first-order chi connectivity index (χ1) is 10.3. The Hall–Kier alpha value is -2.38. The summed E-state index contributed by atoms with van der Waals surface area (Å²) in [5.41, 5.74) is 4.68. The highest BCUT2D eigenvalue weighted by molar-refractivity contribution is 5.82. The molecule has 8 heteroatoms. The molecule has 22 heavy (non-hydrogen) atoms. The topological polar surface area (TPSA) is 104 Å². The third-order valence-electron chi connectivity index (χ3n) is 3.81. The highest BCUT2D eigenvalue weighted by atomic mass is 16.2. The maximum Gasteiger partial charge on any atom is 0.241 e. The van der Waals surface area contributed by atoms with Gasteiger partial charge in [-0.05, 0) is 13.8 Å². The lowest BCUT2D eigenvalue weighted by molar-refractivity contribution is -0.129. The summed E-state index contributed by atoms with van der Waals surface area (Å²) >= 11 is 0. The van der Waals surface area contributed by atoms with Crippen LogP contribution in [0.5, 0.6) is 0 Å². The smallest absolute Gasteiger partial charge is 0.241 e. The highest BCUT2D eigenvalue weighted by Crippen LogP contribution is 2.19. The molecule has 0 bridgehead atoms. The van der Waals surface area contributed by atoms with Crippen molar-refractivity contribution in [1.29, 1.82) is 0 Å². The maximum absolute atomic E-state index is 11.8. The van der Waals surface area contributed by atoms with Gasteiger partial charge in [-0.3, -0.25) is 9.59 Å². The molecule has 0 unspecified atom stereocenters. The third kappa shape index (κ3) is 3.63. The van der Waals surface area contributed by atoms with Crippen molar-refractivity contribution >= 4 is 23.5 Å². The SMILES string of the molecule is CN1CCN(c2cc(NCC(C)(C)C(N)=O)ncn2)CC1=O. The molecular weight excluding hydrogens is 284 g/mol. The second kappa shape index (κ2) is 6.17. The quantitative estimate of drug-likeness (QED) is 0.772. The van der Waals surface area contributed by atoms with Crippen LogP contribution in [0.2, 0.25) is 0 Å². The summed E-state index contributed by atoms with van der Waals surface area (Å²) in [6.45, 7) is 5.61. The number of anilines is 2. The van der Waals surface area contributed by atoms with E-state index in [1.54, 1.807) is 31.9 Å². The molecule has 120 valence electrons. The Morgan fingerprint density at radius 2 is 2.14 bits per heavy atom. The maximum atomic E-state index is 11.8. The van der Waals surface area contributed by atoms with Crippen molar-refractivity contribution in [2.75, 3.05) is 43.4 Å². The Balaban J connectivity index is 2.04. The van der Waals surface area contributed by atoms with E-state index >= 15 is 0 Å². The number of carbonyl (C=O) groups is 2. The molecule has 0 spiro atoms. The molecule has 1 saturated heterocycles. The summed E-state index contributed by atoms with van der Waals surface area (Å²) in [7, 11) is 1.79. The summed E-state index contributed by atoms with van der Waals surface area (Å²) < 4.78 is 0. The molecule has 1 aromatic rings. The predicted molar refractivity (Wildman–Crippen MR) is 83.3 cm³/mol. The van der Waals surface area contributed by atoms with E-state index in [1.807, 2.05) is 4.90 Å². The fraction of sp³-hybridized carbons (Fsp3) is 0.571. The van der Waals surface area contributed by atoms with Crippen LogP contribution in [0.25, 0.3) is 0 Å². The fourth-order valence-corrected chi connectivity index (χ4v) is 1.97. The number of nitrogens with zero attached hydrogens (tertiary/aromatic N) is 4. The van der Waals surface area contributed by atoms with E-state index in [9.17, 15) is 9.59 Å². The molecule has 2 heterocycles. The lowest BCUT2D eigenvalue weighted by Crippen LogP contribution is -2.48. The van der Waals surface area contributed by atoms with Gasteiger partial charge in [-0.1, -0.05) is 0 Å². The van der Waals surface area contributed by atoms with E-state index < -0.39 is 5.41 Å². The molecule has 0 saturated carbocycles. The van der Waals surface area contributed by atoms with E-state index in [4.69, 9.17) is 5.73 Å². The van der Waals surface area contributed by atoms with Crippen LogP contribution in [-0.4, -0.2) is 59.9 Å². The van der Waals surface area contributed by atoms with Crippen molar-refractivity contribution < 1.29 is 9.59 Å². The molecular formula is C14H22N6O2. The Morgan fingerprint density at radius 1 is 1.41 bits per heavy atom. The first-order valence-corrected chi connectivity index (χ1v) is 7.14. The number of primary amides is 1. The van der Waals surface area contributed by atoms with Gasteiger partial charge in [0.25, 0.3) is 0 Å². The van der Waals surface area contributed by atoms with Gasteiger partial charge in [-0.15, -0.1) is 0 Å². The molecule has 8 nitrogen and oxygen atoms in total. The van der Waals surface area contributed by atoms with E-state index in [0.29, 0.717) is 31.3 Å². The number of aromatic nitrogens is 2. The number of piperazine rings is 1. The number of likely N-dealkylation sites (N-methyl/N-ethyl adjacent to an activating group) is 1. The fourth-order valence-electron chi connectivity index (χ4n) is 1.97. The largest absolute Gasteiger partial charge is 0.369 e. The molecule has 0 atom stereocenters. The van der Waals surface area contributed by atoms with Crippen LogP contribution in [-0.2, 0) is 9.59 Å². The summed E-state index contributed by atoms with van der Waals surface area (Å²) in [6.07, 6.45) is 1.44. The predicted octanol–water partition coefficient (Wildman–Crippen LogP) is -0.322. The number of hydrogen-bond acceptors (Lipinski definition) is 6. The summed E-state index contributed by atoms with van der Waals surface area (Å²) in [5.74, 6) is 0.981. The van der Waals surface area contributed by atoms with Crippen LogP contribution in [0.1, 0.15) is 13.8 Å². The van der Waals surface area contributed by atoms with Gasteiger partial charge in [0.1, 0.15) is 18.0 Å². The third-order valence-corrected chi connectivity index (χ3v) is 3.81. The normalized spacial score (nSPS) is 15.9. The molecule has 1 aromatic heterocycles. The average Bonchev–Trinajstić information content (AvgIpc) is 2.48. The molecule has 2 rings (SSSR count). The molecule has 1 aliphatic rings. The highest BCUT2D eigenvalue weighted by Gasteiger charge is 2.25. The minimum Gasteiger partial charge on any atom is -0.369 e. The monoisotopic (exact) mass is 306 g/mol. The second-order valence-electron chi connectivity index (χ2n) is 6.10. The molecule has 1 aliphatic heterocycles. The molecule has 2 amide bonds. The van der Waals surface area contributed by atoms with Gasteiger partial charge < -0.3 is 20.9 Å². The first kappa shape index (κ1) is 16.0. The van der Waals surface area contributed by atoms with Crippen molar-refractivity contribution in [1.82, 2.24) is 14.9 Å². The molecule has 1 fully saturated rings. The van der Waals surface area contributed by atoms with E-state index in [-0.39, 0.29) is 11.8 Å². The molecule has 0 aromatic carbocycles. The zero-order valence-corrected chi connectivity index (χ0v) is 13.2. The van der Waals surface area contributed by atoms with E-state index in [2.05, 4.69) is 15.3 Å². The van der Waals surface area contributed by atoms with Crippen LogP contribution in [0, 0.1) is 5.41 Å². The molecule has 0 aliphatic carbocycles. The number of carbonyl (C=O) groups excluding carboxylic acids is 2. The minimum absolute atomic E-state index is 0.0641. The Kier molecular flexibility index (Phi) is 4.48. The van der Waals surface area contributed by atoms with Gasteiger partial charge in [0.05, 0.1) is 12.0 Å². The zero-order valence-electron chi connectivity index (χ0n) is 13.2. The summed E-state index contributed by atoms with van der Waals surface area (Å²) in [5, 5.41) is 3.09. The number of amides is 2. The Bertz CT molecular complexity index is 574. The summed E-state index contributed by atoms with van der Waals surface area (Å²) in [6, 6.07) is 1.77. The van der Waals surface area contributed by atoms with Gasteiger partial charge in [0.15, 0.2) is 0 Å². The van der Waals surface area contributed by atoms with Gasteiger partial charge in [0.2, 0.25) is 11.8 Å². The lowest BCUT2D eigenvalue weighted by Gasteiger charge is -2.32. The first-order valence-electron chi connectivity index (χ1n) is 7.14. The number of hydrogen-bond donors (Lipinski definition) is 2.